The number of aryl methyl sites for hydroxylation is 2. The Labute approximate surface area is 103 Å². The average molecular weight is 248 g/mol. The van der Waals surface area contributed by atoms with Crippen LogP contribution in [-0.2, 0) is 11.2 Å². The van der Waals surface area contributed by atoms with Crippen LogP contribution in [-0.4, -0.2) is 21.0 Å². The maximum absolute atomic E-state index is 10.6. The van der Waals surface area contributed by atoms with Crippen molar-refractivity contribution in [2.24, 2.45) is 0 Å². The van der Waals surface area contributed by atoms with Crippen LogP contribution >= 0.6 is 11.3 Å². The quantitative estimate of drug-likeness (QED) is 0.903. The Bertz CT molecular complexity index is 523. The monoisotopic (exact) mass is 248 g/mol. The number of carboxylic acids is 1. The van der Waals surface area contributed by atoms with Gasteiger partial charge in [-0.2, -0.15) is 0 Å². The minimum Gasteiger partial charge on any atom is -0.481 e. The van der Waals surface area contributed by atoms with E-state index >= 15 is 0 Å². The predicted octanol–water partition coefficient (Wildman–Crippen LogP) is 2.53. The first kappa shape index (κ1) is 11.7. The Hall–Kier alpha value is -1.75. The zero-order valence-electron chi connectivity index (χ0n) is 9.38. The highest BCUT2D eigenvalue weighted by molar-refractivity contribution is 7.13. The predicted molar refractivity (Wildman–Crippen MR) is 66.0 cm³/mol. The van der Waals surface area contributed by atoms with Crippen molar-refractivity contribution in [1.29, 1.82) is 0 Å². The molecule has 2 heterocycles. The van der Waals surface area contributed by atoms with E-state index < -0.39 is 5.97 Å². The molecule has 4 nitrogen and oxygen atoms in total. The highest BCUT2D eigenvalue weighted by Crippen LogP contribution is 2.26. The molecule has 0 fully saturated rings. The second-order valence-electron chi connectivity index (χ2n) is 3.66. The lowest BCUT2D eigenvalue weighted by Crippen LogP contribution is -2.02. The Balaban J connectivity index is 2.34. The normalized spacial score (nSPS) is 10.4. The van der Waals surface area contributed by atoms with E-state index in [0.29, 0.717) is 12.2 Å². The third-order valence-electron chi connectivity index (χ3n) is 2.35. The van der Waals surface area contributed by atoms with Crippen molar-refractivity contribution in [1.82, 2.24) is 9.97 Å². The molecule has 0 atom stereocenters. The Morgan fingerprint density at radius 1 is 1.53 bits per heavy atom. The maximum atomic E-state index is 10.6. The molecule has 2 aromatic heterocycles. The van der Waals surface area contributed by atoms with Crippen LogP contribution in [0.5, 0.6) is 0 Å². The number of hydrogen-bond acceptors (Lipinski definition) is 4. The molecule has 0 amide bonds. The molecule has 2 aromatic rings. The van der Waals surface area contributed by atoms with Crippen molar-refractivity contribution in [2.75, 3.05) is 0 Å². The van der Waals surface area contributed by atoms with Gasteiger partial charge in [0.15, 0.2) is 0 Å². The van der Waals surface area contributed by atoms with Crippen molar-refractivity contribution in [2.45, 2.75) is 19.8 Å². The minimum absolute atomic E-state index is 0.102. The largest absolute Gasteiger partial charge is 0.481 e. The van der Waals surface area contributed by atoms with E-state index in [-0.39, 0.29) is 6.42 Å². The van der Waals surface area contributed by atoms with Gasteiger partial charge in [0.2, 0.25) is 0 Å². The fraction of sp³-hybridized carbons (Fsp3) is 0.250. The van der Waals surface area contributed by atoms with Crippen LogP contribution in [0.2, 0.25) is 0 Å². The molecule has 2 rings (SSSR count). The van der Waals surface area contributed by atoms with Crippen LogP contribution in [0, 0.1) is 6.92 Å². The van der Waals surface area contributed by atoms with E-state index in [4.69, 9.17) is 5.11 Å². The van der Waals surface area contributed by atoms with Crippen LogP contribution in [0.25, 0.3) is 10.6 Å². The molecule has 0 spiro atoms. The van der Waals surface area contributed by atoms with Gasteiger partial charge in [-0.3, -0.25) is 4.79 Å². The molecule has 0 radical (unpaired) electrons. The second kappa shape index (κ2) is 5.05. The molecule has 0 aliphatic heterocycles. The number of thiophene rings is 1. The van der Waals surface area contributed by atoms with Crippen LogP contribution in [0.3, 0.4) is 0 Å². The summed E-state index contributed by atoms with van der Waals surface area (Å²) in [6, 6.07) is 3.94. The third-order valence-corrected chi connectivity index (χ3v) is 3.22. The maximum Gasteiger partial charge on any atom is 0.303 e. The zero-order valence-corrected chi connectivity index (χ0v) is 10.2. The number of carbonyl (C=O) groups is 1. The summed E-state index contributed by atoms with van der Waals surface area (Å²) in [5.74, 6) is -0.102. The smallest absolute Gasteiger partial charge is 0.303 e. The van der Waals surface area contributed by atoms with E-state index in [9.17, 15) is 4.79 Å². The van der Waals surface area contributed by atoms with E-state index in [0.717, 1.165) is 16.1 Å². The summed E-state index contributed by atoms with van der Waals surface area (Å²) in [5, 5.41) is 10.7. The fourth-order valence-corrected chi connectivity index (χ4v) is 2.30. The van der Waals surface area contributed by atoms with Crippen LogP contribution in [0.1, 0.15) is 17.8 Å². The molecular weight excluding hydrogens is 236 g/mol. The van der Waals surface area contributed by atoms with Gasteiger partial charge in [-0.25, -0.2) is 9.97 Å². The number of carboxylic acid groups (broad SMARTS) is 1. The summed E-state index contributed by atoms with van der Waals surface area (Å²) in [6.45, 7) is 1.83. The van der Waals surface area contributed by atoms with Crippen LogP contribution in [0.4, 0.5) is 0 Å². The molecule has 17 heavy (non-hydrogen) atoms. The highest BCUT2D eigenvalue weighted by atomic mass is 32.1. The molecule has 0 aliphatic rings. The fourth-order valence-electron chi connectivity index (χ4n) is 1.55. The van der Waals surface area contributed by atoms with Gasteiger partial charge < -0.3 is 5.11 Å². The first-order chi connectivity index (χ1) is 8.16. The molecule has 0 saturated carbocycles. The Kier molecular flexibility index (Phi) is 3.49. The summed E-state index contributed by atoms with van der Waals surface area (Å²) in [7, 11) is 0. The Morgan fingerprint density at radius 3 is 3.00 bits per heavy atom. The number of nitrogens with zero attached hydrogens (tertiary/aromatic N) is 2. The van der Waals surface area contributed by atoms with Gasteiger partial charge in [0.05, 0.1) is 10.6 Å². The molecule has 0 saturated heterocycles. The summed E-state index contributed by atoms with van der Waals surface area (Å²) < 4.78 is 0. The molecule has 88 valence electrons. The van der Waals surface area contributed by atoms with Crippen molar-refractivity contribution in [3.8, 4) is 10.6 Å². The topological polar surface area (TPSA) is 63.1 Å². The number of aliphatic carboxylic acids is 1. The summed E-state index contributed by atoms with van der Waals surface area (Å²) >= 11 is 1.60. The van der Waals surface area contributed by atoms with Crippen molar-refractivity contribution in [3.63, 3.8) is 0 Å². The van der Waals surface area contributed by atoms with Gasteiger partial charge in [-0.1, -0.05) is 6.07 Å². The molecule has 0 unspecified atom stereocenters. The van der Waals surface area contributed by atoms with E-state index in [1.807, 2.05) is 24.4 Å². The van der Waals surface area contributed by atoms with Gasteiger partial charge in [-0.05, 0) is 30.4 Å². The van der Waals surface area contributed by atoms with E-state index in [2.05, 4.69) is 9.97 Å². The Morgan fingerprint density at radius 2 is 2.35 bits per heavy atom. The van der Waals surface area contributed by atoms with Gasteiger partial charge in [0.1, 0.15) is 5.82 Å². The van der Waals surface area contributed by atoms with E-state index in [1.165, 1.54) is 0 Å². The van der Waals surface area contributed by atoms with Gasteiger partial charge in [0.25, 0.3) is 0 Å². The molecule has 0 bridgehead atoms. The van der Waals surface area contributed by atoms with Crippen LogP contribution in [0.15, 0.2) is 23.7 Å². The van der Waals surface area contributed by atoms with Gasteiger partial charge in [-0.15, -0.1) is 11.3 Å². The zero-order chi connectivity index (χ0) is 12.3. The number of hydrogen-bond donors (Lipinski definition) is 1. The second-order valence-corrected chi connectivity index (χ2v) is 4.61. The summed E-state index contributed by atoms with van der Waals surface area (Å²) in [6.07, 6.45) is 2.29. The molecule has 5 heteroatoms. The summed E-state index contributed by atoms with van der Waals surface area (Å²) in [4.78, 5) is 20.2. The summed E-state index contributed by atoms with van der Waals surface area (Å²) in [5.41, 5.74) is 1.74. The lowest BCUT2D eigenvalue weighted by molar-refractivity contribution is -0.136. The molecule has 0 aromatic carbocycles. The molecule has 0 aliphatic carbocycles. The van der Waals surface area contributed by atoms with Crippen molar-refractivity contribution in [3.05, 3.63) is 35.1 Å². The van der Waals surface area contributed by atoms with E-state index in [1.54, 1.807) is 17.5 Å². The minimum atomic E-state index is -0.803. The lowest BCUT2D eigenvalue weighted by atomic mass is 10.1. The van der Waals surface area contributed by atoms with Gasteiger partial charge >= 0.3 is 5.97 Å². The average Bonchev–Trinajstić information content (AvgIpc) is 2.80. The molecular formula is C12H12N2O2S. The molecule has 1 N–H and O–H groups in total. The van der Waals surface area contributed by atoms with Gasteiger partial charge in [0, 0.05) is 12.6 Å². The number of aromatic nitrogens is 2. The third kappa shape index (κ3) is 2.88. The first-order valence-electron chi connectivity index (χ1n) is 5.25. The SMILES string of the molecule is Cc1ncc(CCC(=O)O)c(-c2cccs2)n1. The first-order valence-corrected chi connectivity index (χ1v) is 6.13. The standard InChI is InChI=1S/C12H12N2O2S/c1-8-13-7-9(4-5-11(15)16)12(14-8)10-3-2-6-17-10/h2-3,6-7H,4-5H2,1H3,(H,15,16). The van der Waals surface area contributed by atoms with Crippen molar-refractivity contribution < 1.29 is 9.90 Å². The van der Waals surface area contributed by atoms with Crippen LogP contribution < -0.4 is 0 Å². The number of rotatable bonds is 4. The highest BCUT2D eigenvalue weighted by Gasteiger charge is 2.10. The van der Waals surface area contributed by atoms with Crippen molar-refractivity contribution >= 4 is 17.3 Å². The lowest BCUT2D eigenvalue weighted by Gasteiger charge is -2.06.